The van der Waals surface area contributed by atoms with Gasteiger partial charge in [0.1, 0.15) is 44.7 Å². The van der Waals surface area contributed by atoms with E-state index in [0.29, 0.717) is 5.82 Å². The number of allylic oxidation sites excluding steroid dienone is 4. The smallest absolute Gasteiger partial charge is 0.160 e. The van der Waals surface area contributed by atoms with Crippen molar-refractivity contribution in [3.05, 3.63) is 460 Å². The van der Waals surface area contributed by atoms with Crippen LogP contribution in [0.1, 0.15) is 43.5 Å². The largest absolute Gasteiger partial charge is 0.456 e. The maximum Gasteiger partial charge on any atom is 0.160 e. The summed E-state index contributed by atoms with van der Waals surface area (Å²) in [6.45, 7) is 4.63. The molecule has 0 saturated carbocycles. The molecule has 0 amide bonds. The number of rotatable bonds is 12. The van der Waals surface area contributed by atoms with Crippen molar-refractivity contribution in [2.75, 3.05) is 0 Å². The highest BCUT2D eigenvalue weighted by Gasteiger charge is 2.36. The molecule has 7 aromatic heterocycles. The summed E-state index contributed by atoms with van der Waals surface area (Å²) in [6.07, 6.45) is 8.75. The summed E-state index contributed by atoms with van der Waals surface area (Å²) in [5, 5.41) is 11.5. The van der Waals surface area contributed by atoms with Gasteiger partial charge in [-0.15, -0.1) is 0 Å². The Kier molecular flexibility index (Phi) is 19.2. The predicted octanol–water partition coefficient (Wildman–Crippen LogP) is 34.0. The highest BCUT2D eigenvalue weighted by Crippen LogP contribution is 2.51. The van der Waals surface area contributed by atoms with E-state index in [1.165, 1.54) is 66.3 Å². The molecule has 632 valence electrons. The zero-order valence-electron chi connectivity index (χ0n) is 73.4. The fraction of sp³-hybridized carbons (Fsp3) is 0.0400. The van der Waals surface area contributed by atoms with Crippen molar-refractivity contribution in [3.63, 3.8) is 0 Å². The van der Waals surface area contributed by atoms with E-state index in [-0.39, 0.29) is 5.41 Å². The van der Waals surface area contributed by atoms with Crippen LogP contribution >= 0.6 is 0 Å². The Balaban J connectivity index is 0.000000108. The third-order valence-electron chi connectivity index (χ3n) is 26.9. The Morgan fingerprint density at radius 3 is 1.13 bits per heavy atom. The van der Waals surface area contributed by atoms with E-state index in [4.69, 9.17) is 37.6 Å². The third-order valence-corrected chi connectivity index (χ3v) is 26.9. The van der Waals surface area contributed by atoms with Crippen molar-refractivity contribution in [2.45, 2.75) is 32.1 Å². The highest BCUT2D eigenvalue weighted by atomic mass is 16.3. The lowest BCUT2D eigenvalue weighted by atomic mass is 9.82. The maximum atomic E-state index is 6.34. The molecular weight excluding hydrogens is 1640 g/mol. The van der Waals surface area contributed by atoms with E-state index in [0.717, 1.165) is 202 Å². The van der Waals surface area contributed by atoms with Crippen LogP contribution in [-0.2, 0) is 5.41 Å². The molecule has 18 aromatic carbocycles. The summed E-state index contributed by atoms with van der Waals surface area (Å²) >= 11 is 0. The topological polar surface area (TPSA) is 109 Å². The molecule has 9 nitrogen and oxygen atoms in total. The Morgan fingerprint density at radius 2 is 0.597 bits per heavy atom. The van der Waals surface area contributed by atoms with Gasteiger partial charge in [-0.3, -0.25) is 0 Å². The molecule has 0 aliphatic heterocycles. The van der Waals surface area contributed by atoms with Crippen LogP contribution in [0.3, 0.4) is 0 Å². The van der Waals surface area contributed by atoms with Gasteiger partial charge >= 0.3 is 0 Å². The van der Waals surface area contributed by atoms with Gasteiger partial charge in [-0.25, -0.2) is 19.9 Å². The molecule has 27 rings (SSSR count). The predicted molar refractivity (Wildman–Crippen MR) is 552 cm³/mol. The van der Waals surface area contributed by atoms with E-state index < -0.39 is 0 Å². The second-order valence-electron chi connectivity index (χ2n) is 35.3. The number of benzene rings is 18. The molecule has 0 unspecified atom stereocenters. The molecule has 25 aromatic rings. The van der Waals surface area contributed by atoms with Gasteiger partial charge in [0.05, 0.1) is 33.8 Å². The van der Waals surface area contributed by atoms with E-state index in [1.807, 2.05) is 54.6 Å². The number of furan rings is 4. The number of hydrogen-bond donors (Lipinski definition) is 0. The highest BCUT2D eigenvalue weighted by molar-refractivity contribution is 6.14. The zero-order chi connectivity index (χ0) is 88.9. The maximum absolute atomic E-state index is 6.34. The molecule has 7 heterocycles. The van der Waals surface area contributed by atoms with Crippen molar-refractivity contribution in [3.8, 4) is 129 Å². The van der Waals surface area contributed by atoms with E-state index in [9.17, 15) is 0 Å². The molecule has 9 heteroatoms. The fourth-order valence-electron chi connectivity index (χ4n) is 20.1. The van der Waals surface area contributed by atoms with Crippen LogP contribution in [0.15, 0.2) is 461 Å². The first kappa shape index (κ1) is 78.8. The summed E-state index contributed by atoms with van der Waals surface area (Å²) in [4.78, 5) is 20.3. The Hall–Kier alpha value is -17.4. The van der Waals surface area contributed by atoms with Crippen LogP contribution in [0.5, 0.6) is 0 Å². The molecule has 134 heavy (non-hydrogen) atoms. The van der Waals surface area contributed by atoms with Crippen molar-refractivity contribution in [1.82, 2.24) is 24.5 Å². The van der Waals surface area contributed by atoms with Crippen LogP contribution < -0.4 is 0 Å². The standard InChI is InChI=1S/C43H30N2O.C42H25NO2.C40H28N2O/c1-43(2)36-17-8-6-13-32(36)33-24-23-30(25-37(33)43)39-26-38(44-42(45-39)29-11-4-3-5-12-29)28-21-19-27(20-22-28)31-15-10-16-35-34-14-7-9-18-40(34)46-41(31)35;1-2-8-26(9-3-1)27-14-18-39-33(22-27)34-23-28(15-19-40(34)44-39)29-16-20-41-35(24-29)36-25-30(17-21-42(36)45-41)43-37-12-6-4-10-31(37)32-11-5-7-13-38(32)43;1-3-10-27(11-4-1)28-18-24-32(25-19-28)40-41-36(30-12-5-2-6-13-30)26-37(42-40)31-22-20-29(21-23-31)33-15-9-16-35-34-14-7-8-17-38(34)43-39(33)35/h3-26H,1-2H3;1-25H;1,3-5,7-26H,2,6H2. The molecule has 0 bridgehead atoms. The summed E-state index contributed by atoms with van der Waals surface area (Å²) in [5.74, 6) is 1.44. The third kappa shape index (κ3) is 14.0. The molecule has 2 aliphatic carbocycles. The Morgan fingerprint density at radius 1 is 0.231 bits per heavy atom. The van der Waals surface area contributed by atoms with Gasteiger partial charge in [0, 0.05) is 104 Å². The first-order chi connectivity index (χ1) is 66.1. The average molecular weight is 1720 g/mol. The van der Waals surface area contributed by atoms with Crippen LogP contribution in [0.2, 0.25) is 0 Å². The summed E-state index contributed by atoms with van der Waals surface area (Å²) in [6, 6.07) is 149. The van der Waals surface area contributed by atoms with Gasteiger partial charge in [0.25, 0.3) is 0 Å². The van der Waals surface area contributed by atoms with Gasteiger partial charge in [0.15, 0.2) is 11.6 Å². The zero-order valence-corrected chi connectivity index (χ0v) is 73.4. The van der Waals surface area contributed by atoms with Crippen molar-refractivity contribution < 1.29 is 17.7 Å². The molecule has 2 aliphatic rings. The van der Waals surface area contributed by atoms with Gasteiger partial charge in [0.2, 0.25) is 0 Å². The van der Waals surface area contributed by atoms with Gasteiger partial charge in [-0.1, -0.05) is 360 Å². The lowest BCUT2D eigenvalue weighted by Gasteiger charge is -2.22. The second kappa shape index (κ2) is 32.7. The van der Waals surface area contributed by atoms with E-state index in [1.54, 1.807) is 0 Å². The van der Waals surface area contributed by atoms with E-state index >= 15 is 0 Å². The Labute approximate surface area is 772 Å². The summed E-state index contributed by atoms with van der Waals surface area (Å²) in [7, 11) is 0. The Bertz CT molecular complexity index is 8950. The SMILES string of the molecule is C1=CC(c2cc(-c3ccc(-c4cccc5c4oc4ccccc45)cc3)nc(-c3ccc(-c4ccccc4)cc3)n2)=CCC1.CC1(C)c2ccccc2-c2ccc(-c3cc(-c4ccc(-c5cccc6c5oc5ccccc56)cc4)nc(-c4ccccc4)n3)cc21.c1ccc(-c2ccc3oc4ccc(-c5ccc6oc7ccc(-n8c9ccccc9c9ccccc98)cc7c6c5)cc4c3c2)cc1. The molecule has 0 fully saturated rings. The minimum Gasteiger partial charge on any atom is -0.456 e. The van der Waals surface area contributed by atoms with Crippen LogP contribution in [-0.4, -0.2) is 24.5 Å². The normalized spacial score (nSPS) is 12.7. The first-order valence-corrected chi connectivity index (χ1v) is 45.7. The molecule has 0 spiro atoms. The monoisotopic (exact) mass is 1720 g/mol. The average Bonchev–Trinajstić information content (AvgIpc) is 1.58. The van der Waals surface area contributed by atoms with E-state index in [2.05, 4.69) is 407 Å². The van der Waals surface area contributed by atoms with Crippen molar-refractivity contribution in [1.29, 1.82) is 0 Å². The van der Waals surface area contributed by atoms with Gasteiger partial charge in [-0.05, 0) is 182 Å². The quantitative estimate of drug-likeness (QED) is 0.119. The molecule has 0 atom stereocenters. The summed E-state index contributed by atoms with van der Waals surface area (Å²) in [5.41, 5.74) is 37.3. The number of para-hydroxylation sites is 6. The second-order valence-corrected chi connectivity index (χ2v) is 35.3. The van der Waals surface area contributed by atoms with Crippen molar-refractivity contribution in [2.24, 2.45) is 0 Å². The van der Waals surface area contributed by atoms with Crippen LogP contribution in [0.25, 0.3) is 244 Å². The number of fused-ring (bicyclic) bond motifs is 18. The minimum absolute atomic E-state index is 0.0847. The van der Waals surface area contributed by atoms with Gasteiger partial charge in [-0.2, -0.15) is 0 Å². The lowest BCUT2D eigenvalue weighted by molar-refractivity contribution is 0.660. The van der Waals surface area contributed by atoms with Crippen LogP contribution in [0, 0.1) is 0 Å². The molecule has 0 N–H and O–H groups in total. The summed E-state index contributed by atoms with van der Waals surface area (Å²) < 4.78 is 27.6. The molecular formula is C125H83N5O4. The number of hydrogen-bond acceptors (Lipinski definition) is 8. The number of aromatic nitrogens is 5. The first-order valence-electron chi connectivity index (χ1n) is 45.7. The van der Waals surface area contributed by atoms with Crippen molar-refractivity contribution >= 4 is 115 Å². The molecule has 0 saturated heterocycles. The number of nitrogens with zero attached hydrogens (tertiary/aromatic N) is 5. The molecule has 0 radical (unpaired) electrons. The minimum atomic E-state index is -0.0847. The lowest BCUT2D eigenvalue weighted by Crippen LogP contribution is -2.14. The van der Waals surface area contributed by atoms with Crippen LogP contribution in [0.4, 0.5) is 0 Å². The van der Waals surface area contributed by atoms with Gasteiger partial charge < -0.3 is 22.2 Å². The fourth-order valence-corrected chi connectivity index (χ4v) is 20.1.